The third-order valence-electron chi connectivity index (χ3n) is 1.13. The largest absolute Gasteiger partial charge is 0.466 e. The molecule has 0 unspecified atom stereocenters. The fraction of sp³-hybridized carbons (Fsp3) is 0.556. The van der Waals surface area contributed by atoms with Gasteiger partial charge >= 0.3 is 5.97 Å². The molecule has 0 aromatic carbocycles. The molecule has 0 radical (unpaired) electrons. The average Bonchev–Trinajstić information content (AvgIpc) is 2.02. The molecule has 68 valence electrons. The van der Waals surface area contributed by atoms with E-state index in [2.05, 4.69) is 5.73 Å². The fourth-order valence-corrected chi connectivity index (χ4v) is 0.621. The van der Waals surface area contributed by atoms with Crippen LogP contribution in [0.3, 0.4) is 0 Å². The van der Waals surface area contributed by atoms with Crippen LogP contribution in [0.25, 0.3) is 0 Å². The van der Waals surface area contributed by atoms with Gasteiger partial charge in [-0.15, -0.1) is 5.73 Å². The number of unbranched alkanes of at least 4 members (excludes halogenated alkanes) is 1. The summed E-state index contributed by atoms with van der Waals surface area (Å²) in [4.78, 5) is 10.3. The van der Waals surface area contributed by atoms with Crippen LogP contribution in [0.2, 0.25) is 0 Å². The molecule has 0 bridgehead atoms. The topological polar surface area (TPSA) is 46.5 Å². The van der Waals surface area contributed by atoms with Gasteiger partial charge in [0.25, 0.3) is 0 Å². The zero-order chi connectivity index (χ0) is 9.23. The number of esters is 1. The maximum atomic E-state index is 10.3. The molecule has 12 heavy (non-hydrogen) atoms. The maximum absolute atomic E-state index is 10.3. The van der Waals surface area contributed by atoms with E-state index in [1.165, 1.54) is 13.0 Å². The maximum Gasteiger partial charge on any atom is 0.302 e. The van der Waals surface area contributed by atoms with Crippen molar-refractivity contribution in [1.29, 1.82) is 0 Å². The Morgan fingerprint density at radius 1 is 1.58 bits per heavy atom. The summed E-state index contributed by atoms with van der Waals surface area (Å²) in [5.41, 5.74) is 2.78. The Morgan fingerprint density at radius 2 is 2.33 bits per heavy atom. The van der Waals surface area contributed by atoms with Crippen molar-refractivity contribution in [2.24, 2.45) is 0 Å². The van der Waals surface area contributed by atoms with Crippen LogP contribution in [-0.4, -0.2) is 24.3 Å². The third kappa shape index (κ3) is 8.95. The van der Waals surface area contributed by atoms with Crippen molar-refractivity contribution in [2.75, 3.05) is 13.2 Å². The highest BCUT2D eigenvalue weighted by molar-refractivity contribution is 5.65. The number of carbonyl (C=O) groups excluding carboxylic acids is 1. The molecule has 0 saturated heterocycles. The van der Waals surface area contributed by atoms with E-state index in [4.69, 9.17) is 9.84 Å². The molecule has 0 amide bonds. The Hall–Kier alpha value is -1.05. The number of hydrogen-bond donors (Lipinski definition) is 1. The van der Waals surface area contributed by atoms with Crippen molar-refractivity contribution in [3.63, 3.8) is 0 Å². The fourth-order valence-electron chi connectivity index (χ4n) is 0.621. The molecule has 3 nitrogen and oxygen atoms in total. The second kappa shape index (κ2) is 8.05. The van der Waals surface area contributed by atoms with Gasteiger partial charge in [-0.2, -0.15) is 0 Å². The van der Waals surface area contributed by atoms with E-state index in [0.717, 1.165) is 12.8 Å². The number of aliphatic hydroxyl groups is 1. The first kappa shape index (κ1) is 11.0. The molecule has 0 fully saturated rings. The smallest absolute Gasteiger partial charge is 0.302 e. The summed E-state index contributed by atoms with van der Waals surface area (Å²) in [5, 5.41) is 8.33. The number of ether oxygens (including phenoxy) is 1. The second-order valence-corrected chi connectivity index (χ2v) is 2.24. The highest BCUT2D eigenvalue weighted by Gasteiger charge is 1.89. The van der Waals surface area contributed by atoms with Gasteiger partial charge in [-0.3, -0.25) is 4.79 Å². The molecule has 0 aliphatic rings. The zero-order valence-corrected chi connectivity index (χ0v) is 7.25. The molecule has 3 heteroatoms. The second-order valence-electron chi connectivity index (χ2n) is 2.24. The number of aliphatic hydroxyl groups excluding tert-OH is 1. The highest BCUT2D eigenvalue weighted by Crippen LogP contribution is 1.90. The average molecular weight is 170 g/mol. The lowest BCUT2D eigenvalue weighted by molar-refractivity contribution is -0.141. The molecule has 0 aromatic rings. The van der Waals surface area contributed by atoms with Gasteiger partial charge in [-0.25, -0.2) is 0 Å². The van der Waals surface area contributed by atoms with Crippen molar-refractivity contribution in [2.45, 2.75) is 19.8 Å². The van der Waals surface area contributed by atoms with Gasteiger partial charge in [0, 0.05) is 6.92 Å². The normalized spacial score (nSPS) is 8.50. The van der Waals surface area contributed by atoms with Crippen LogP contribution >= 0.6 is 0 Å². The van der Waals surface area contributed by atoms with Crippen LogP contribution in [0.4, 0.5) is 0 Å². The molecule has 0 aliphatic heterocycles. The van der Waals surface area contributed by atoms with Gasteiger partial charge in [0.05, 0.1) is 13.2 Å². The van der Waals surface area contributed by atoms with Crippen molar-refractivity contribution < 1.29 is 14.6 Å². The van der Waals surface area contributed by atoms with Gasteiger partial charge in [0.15, 0.2) is 0 Å². The minimum atomic E-state index is -0.245. The molecule has 0 saturated carbocycles. The number of carbonyl (C=O) groups is 1. The number of hydrogen-bond acceptors (Lipinski definition) is 3. The van der Waals surface area contributed by atoms with E-state index < -0.39 is 0 Å². The summed E-state index contributed by atoms with van der Waals surface area (Å²) in [6.07, 6.45) is 4.95. The van der Waals surface area contributed by atoms with Crippen molar-refractivity contribution in [3.05, 3.63) is 17.9 Å². The Kier molecular flexibility index (Phi) is 7.35. The lowest BCUT2D eigenvalue weighted by Crippen LogP contribution is -1.99. The zero-order valence-electron chi connectivity index (χ0n) is 7.25. The Labute approximate surface area is 72.3 Å². The van der Waals surface area contributed by atoms with E-state index in [-0.39, 0.29) is 12.6 Å². The van der Waals surface area contributed by atoms with E-state index in [1.54, 1.807) is 6.08 Å². The summed E-state index contributed by atoms with van der Waals surface area (Å²) in [7, 11) is 0. The summed E-state index contributed by atoms with van der Waals surface area (Å²) in [6.45, 7) is 1.86. The molecule has 1 N–H and O–H groups in total. The third-order valence-corrected chi connectivity index (χ3v) is 1.13. The van der Waals surface area contributed by atoms with Gasteiger partial charge in [-0.1, -0.05) is 0 Å². The molecular formula is C9H14O3. The molecule has 0 heterocycles. The van der Waals surface area contributed by atoms with Crippen molar-refractivity contribution in [3.8, 4) is 0 Å². The molecule has 0 atom stereocenters. The van der Waals surface area contributed by atoms with E-state index in [0.29, 0.717) is 6.61 Å². The predicted octanol–water partition coefficient (Wildman–Crippen LogP) is 1.03. The van der Waals surface area contributed by atoms with Crippen LogP contribution in [0, 0.1) is 0 Å². The van der Waals surface area contributed by atoms with E-state index in [9.17, 15) is 4.79 Å². The predicted molar refractivity (Wildman–Crippen MR) is 45.6 cm³/mol. The lowest BCUT2D eigenvalue weighted by atomic mass is 10.3. The molecule has 0 aromatic heterocycles. The summed E-state index contributed by atoms with van der Waals surface area (Å²) >= 11 is 0. The first-order valence-corrected chi connectivity index (χ1v) is 3.91. The minimum Gasteiger partial charge on any atom is -0.466 e. The quantitative estimate of drug-likeness (QED) is 0.381. The summed E-state index contributed by atoms with van der Waals surface area (Å²) < 4.78 is 4.70. The summed E-state index contributed by atoms with van der Waals surface area (Å²) in [6, 6.07) is 0. The van der Waals surface area contributed by atoms with Gasteiger partial charge in [0.1, 0.15) is 0 Å². The monoisotopic (exact) mass is 170 g/mol. The summed E-state index contributed by atoms with van der Waals surface area (Å²) in [5.74, 6) is -0.245. The first-order valence-electron chi connectivity index (χ1n) is 3.91. The van der Waals surface area contributed by atoms with Crippen molar-refractivity contribution >= 4 is 5.97 Å². The van der Waals surface area contributed by atoms with Crippen LogP contribution < -0.4 is 0 Å². The van der Waals surface area contributed by atoms with Crippen LogP contribution in [0.5, 0.6) is 0 Å². The Morgan fingerprint density at radius 3 is 2.92 bits per heavy atom. The minimum absolute atomic E-state index is 0.0143. The van der Waals surface area contributed by atoms with Crippen LogP contribution in [0.1, 0.15) is 19.8 Å². The van der Waals surface area contributed by atoms with Gasteiger partial charge in [0.2, 0.25) is 0 Å². The highest BCUT2D eigenvalue weighted by atomic mass is 16.5. The standard InChI is InChI=1S/C9H14O3/c1-9(11)12-8-6-4-2-3-5-7-10/h2,5,10H,4,6-8H2,1H3. The Balaban J connectivity index is 3.21. The SMILES string of the molecule is CC(=O)OCCCC=C=CCO. The first-order chi connectivity index (χ1) is 5.77. The van der Waals surface area contributed by atoms with Crippen LogP contribution in [-0.2, 0) is 9.53 Å². The van der Waals surface area contributed by atoms with Gasteiger partial charge in [-0.05, 0) is 25.0 Å². The number of rotatable bonds is 5. The molecular weight excluding hydrogens is 156 g/mol. The molecule has 0 aliphatic carbocycles. The van der Waals surface area contributed by atoms with Crippen LogP contribution in [0.15, 0.2) is 17.9 Å². The van der Waals surface area contributed by atoms with E-state index >= 15 is 0 Å². The van der Waals surface area contributed by atoms with E-state index in [1.807, 2.05) is 0 Å². The Bertz CT molecular complexity index is 178. The van der Waals surface area contributed by atoms with Crippen molar-refractivity contribution in [1.82, 2.24) is 0 Å². The molecule has 0 spiro atoms. The lowest BCUT2D eigenvalue weighted by Gasteiger charge is -1.97. The van der Waals surface area contributed by atoms with Gasteiger partial charge < -0.3 is 9.84 Å². The molecule has 0 rings (SSSR count).